The molecule has 0 aromatic heterocycles. The minimum Gasteiger partial charge on any atom is -0.377 e. The molecule has 0 saturated heterocycles. The van der Waals surface area contributed by atoms with Crippen LogP contribution in [-0.2, 0) is 0 Å². The van der Waals surface area contributed by atoms with E-state index in [4.69, 9.17) is 5.41 Å². The predicted octanol–water partition coefficient (Wildman–Crippen LogP) is 0.0172. The minimum absolute atomic E-state index is 0.255. The van der Waals surface area contributed by atoms with Crippen molar-refractivity contribution in [1.82, 2.24) is 5.32 Å². The van der Waals surface area contributed by atoms with E-state index in [-0.39, 0.29) is 5.84 Å². The molecule has 0 aromatic carbocycles. The molecule has 0 aliphatic heterocycles. The molecule has 0 amide bonds. The van der Waals surface area contributed by atoms with Gasteiger partial charge < -0.3 is 5.32 Å². The Kier molecular flexibility index (Phi) is 1.57. The van der Waals surface area contributed by atoms with Crippen LogP contribution < -0.4 is 5.32 Å². The summed E-state index contributed by atoms with van der Waals surface area (Å²) in [6, 6.07) is 0. The predicted molar refractivity (Wildman–Crippen MR) is 22.1 cm³/mol. The molecule has 0 rings (SSSR count). The molecule has 0 unspecified atom stereocenters. The van der Waals surface area contributed by atoms with E-state index in [1.165, 1.54) is 0 Å². The fraction of sp³-hybridized carbons (Fsp3) is 0.333. The SMILES string of the molecule is [CH2]C(=N)NC. The van der Waals surface area contributed by atoms with Crippen molar-refractivity contribution in [2.45, 2.75) is 0 Å². The van der Waals surface area contributed by atoms with Gasteiger partial charge in [-0.3, -0.25) is 5.41 Å². The van der Waals surface area contributed by atoms with Gasteiger partial charge in [-0.15, -0.1) is 0 Å². The highest BCUT2D eigenvalue weighted by atomic mass is 14.9. The summed E-state index contributed by atoms with van der Waals surface area (Å²) in [5, 5.41) is 9.02. The van der Waals surface area contributed by atoms with Crippen LogP contribution in [0.3, 0.4) is 0 Å². The summed E-state index contributed by atoms with van der Waals surface area (Å²) in [4.78, 5) is 0. The Hall–Kier alpha value is -0.530. The monoisotopic (exact) mass is 71.1 g/mol. The normalized spacial score (nSPS) is 6.80. The van der Waals surface area contributed by atoms with Crippen molar-refractivity contribution >= 4 is 5.84 Å². The zero-order valence-corrected chi connectivity index (χ0v) is 3.21. The van der Waals surface area contributed by atoms with Crippen molar-refractivity contribution in [3.63, 3.8) is 0 Å². The Morgan fingerprint density at radius 3 is 2.20 bits per heavy atom. The summed E-state index contributed by atoms with van der Waals surface area (Å²) >= 11 is 0. The van der Waals surface area contributed by atoms with Crippen LogP contribution in [0.4, 0.5) is 0 Å². The van der Waals surface area contributed by atoms with E-state index in [0.29, 0.717) is 0 Å². The summed E-state index contributed by atoms with van der Waals surface area (Å²) in [5.41, 5.74) is 0. The summed E-state index contributed by atoms with van der Waals surface area (Å²) < 4.78 is 0. The van der Waals surface area contributed by atoms with Gasteiger partial charge in [-0.25, -0.2) is 0 Å². The zero-order valence-electron chi connectivity index (χ0n) is 3.21. The molecule has 29 valence electrons. The highest BCUT2D eigenvalue weighted by Crippen LogP contribution is 1.46. The summed E-state index contributed by atoms with van der Waals surface area (Å²) in [6.45, 7) is 3.23. The van der Waals surface area contributed by atoms with E-state index < -0.39 is 0 Å². The first-order chi connectivity index (χ1) is 2.27. The van der Waals surface area contributed by atoms with Crippen molar-refractivity contribution in [1.29, 1.82) is 5.41 Å². The van der Waals surface area contributed by atoms with E-state index in [1.54, 1.807) is 7.05 Å². The molecule has 0 bridgehead atoms. The maximum atomic E-state index is 6.52. The van der Waals surface area contributed by atoms with E-state index >= 15 is 0 Å². The molecule has 0 heterocycles. The zero-order chi connectivity index (χ0) is 4.28. The second-order valence-electron chi connectivity index (χ2n) is 0.729. The molecule has 0 atom stereocenters. The van der Waals surface area contributed by atoms with Gasteiger partial charge in [-0.05, 0) is 0 Å². The molecule has 0 aliphatic rings. The van der Waals surface area contributed by atoms with E-state index in [2.05, 4.69) is 12.2 Å². The largest absolute Gasteiger partial charge is 0.377 e. The molecule has 2 N–H and O–H groups in total. The summed E-state index contributed by atoms with van der Waals surface area (Å²) in [5.74, 6) is 0.255. The Morgan fingerprint density at radius 2 is 2.20 bits per heavy atom. The fourth-order valence-electron chi connectivity index (χ4n) is 0. The molecular formula is C3H7N2. The molecular weight excluding hydrogens is 64.0 g/mol. The van der Waals surface area contributed by atoms with Gasteiger partial charge in [0.2, 0.25) is 0 Å². The molecule has 0 spiro atoms. The second kappa shape index (κ2) is 1.76. The Labute approximate surface area is 31.7 Å². The van der Waals surface area contributed by atoms with Crippen molar-refractivity contribution in [2.24, 2.45) is 0 Å². The molecule has 0 aromatic rings. The number of hydrogen-bond acceptors (Lipinski definition) is 1. The van der Waals surface area contributed by atoms with Crippen molar-refractivity contribution in [3.8, 4) is 0 Å². The van der Waals surface area contributed by atoms with Crippen LogP contribution in [0.2, 0.25) is 0 Å². The van der Waals surface area contributed by atoms with Crippen LogP contribution >= 0.6 is 0 Å². The van der Waals surface area contributed by atoms with Gasteiger partial charge in [0.05, 0.1) is 5.84 Å². The molecule has 5 heavy (non-hydrogen) atoms. The lowest BCUT2D eigenvalue weighted by atomic mass is 10.7. The average Bonchev–Trinajstić information content (AvgIpc) is 1.38. The first-order valence-electron chi connectivity index (χ1n) is 1.35. The van der Waals surface area contributed by atoms with E-state index in [1.807, 2.05) is 0 Å². The maximum Gasteiger partial charge on any atom is 0.0933 e. The van der Waals surface area contributed by atoms with Gasteiger partial charge >= 0.3 is 0 Å². The highest BCUT2D eigenvalue weighted by Gasteiger charge is 1.66. The third-order valence-corrected chi connectivity index (χ3v) is 0.302. The second-order valence-corrected chi connectivity index (χ2v) is 0.729. The highest BCUT2D eigenvalue weighted by molar-refractivity contribution is 5.82. The van der Waals surface area contributed by atoms with Crippen LogP contribution in [0.15, 0.2) is 0 Å². The first kappa shape index (κ1) is 4.47. The number of hydrogen-bond donors (Lipinski definition) is 2. The molecule has 1 radical (unpaired) electrons. The minimum atomic E-state index is 0.255. The van der Waals surface area contributed by atoms with Crippen LogP contribution in [0.5, 0.6) is 0 Å². The third kappa shape index (κ3) is 3.47. The average molecular weight is 71.1 g/mol. The fourth-order valence-corrected chi connectivity index (χ4v) is 0. The van der Waals surface area contributed by atoms with Gasteiger partial charge in [0, 0.05) is 14.0 Å². The van der Waals surface area contributed by atoms with E-state index in [9.17, 15) is 0 Å². The standard InChI is InChI=1S/C3H7N2/c1-3(4)5-2/h1H2,2H3,(H2,4,5). The van der Waals surface area contributed by atoms with Gasteiger partial charge in [0.1, 0.15) is 0 Å². The lowest BCUT2D eigenvalue weighted by molar-refractivity contribution is 1.16. The topological polar surface area (TPSA) is 35.9 Å². The van der Waals surface area contributed by atoms with E-state index in [0.717, 1.165) is 0 Å². The third-order valence-electron chi connectivity index (χ3n) is 0.302. The Balaban J connectivity index is 2.85. The molecule has 0 fully saturated rings. The maximum absolute atomic E-state index is 6.52. The number of nitrogens with one attached hydrogen (secondary N) is 2. The first-order valence-corrected chi connectivity index (χ1v) is 1.35. The Bertz CT molecular complexity index is 40.2. The lowest BCUT2D eigenvalue weighted by Gasteiger charge is -1.84. The van der Waals surface area contributed by atoms with Crippen LogP contribution in [0, 0.1) is 12.3 Å². The molecule has 0 saturated carbocycles. The van der Waals surface area contributed by atoms with Crippen LogP contribution in [-0.4, -0.2) is 12.9 Å². The van der Waals surface area contributed by atoms with Crippen molar-refractivity contribution < 1.29 is 0 Å². The van der Waals surface area contributed by atoms with Crippen molar-refractivity contribution in [2.75, 3.05) is 7.05 Å². The van der Waals surface area contributed by atoms with Crippen molar-refractivity contribution in [3.05, 3.63) is 6.92 Å². The molecule has 0 aliphatic carbocycles. The lowest BCUT2D eigenvalue weighted by Crippen LogP contribution is -2.11. The van der Waals surface area contributed by atoms with Gasteiger partial charge in [0.25, 0.3) is 0 Å². The van der Waals surface area contributed by atoms with Crippen LogP contribution in [0.1, 0.15) is 0 Å². The number of amidine groups is 1. The smallest absolute Gasteiger partial charge is 0.0933 e. The summed E-state index contributed by atoms with van der Waals surface area (Å²) in [7, 11) is 1.66. The van der Waals surface area contributed by atoms with Gasteiger partial charge in [-0.1, -0.05) is 0 Å². The molecule has 2 heteroatoms. The van der Waals surface area contributed by atoms with Gasteiger partial charge in [0.15, 0.2) is 0 Å². The Morgan fingerprint density at radius 1 is 2.00 bits per heavy atom. The number of rotatable bonds is 0. The quantitative estimate of drug-likeness (QED) is 0.306. The van der Waals surface area contributed by atoms with Crippen LogP contribution in [0.25, 0.3) is 0 Å². The van der Waals surface area contributed by atoms with Gasteiger partial charge in [-0.2, -0.15) is 0 Å². The summed E-state index contributed by atoms with van der Waals surface area (Å²) in [6.07, 6.45) is 0. The molecule has 2 nitrogen and oxygen atoms in total.